The summed E-state index contributed by atoms with van der Waals surface area (Å²) in [6, 6.07) is 20.2. The first-order valence-corrected chi connectivity index (χ1v) is 9.33. The summed E-state index contributed by atoms with van der Waals surface area (Å²) >= 11 is 0. The van der Waals surface area contributed by atoms with Crippen LogP contribution in [0.1, 0.15) is 27.9 Å². The van der Waals surface area contributed by atoms with Crippen LogP contribution < -0.4 is 10.9 Å². The molecule has 0 unspecified atom stereocenters. The monoisotopic (exact) mass is 387 g/mol. The second kappa shape index (κ2) is 7.71. The van der Waals surface area contributed by atoms with E-state index in [4.69, 9.17) is 4.98 Å². The normalized spacial score (nSPS) is 12.1. The maximum atomic E-state index is 12.8. The molecule has 0 radical (unpaired) electrons. The van der Waals surface area contributed by atoms with Crippen molar-refractivity contribution in [3.8, 4) is 0 Å². The Labute approximate surface area is 167 Å². The van der Waals surface area contributed by atoms with Crippen molar-refractivity contribution < 1.29 is 4.79 Å². The summed E-state index contributed by atoms with van der Waals surface area (Å²) in [4.78, 5) is 29.1. The molecule has 1 atom stereocenters. The summed E-state index contributed by atoms with van der Waals surface area (Å²) in [5.41, 5.74) is 2.86. The van der Waals surface area contributed by atoms with Crippen LogP contribution in [0.2, 0.25) is 0 Å². The molecule has 4 aromatic rings. The molecule has 0 spiro atoms. The van der Waals surface area contributed by atoms with Gasteiger partial charge in [0.2, 0.25) is 0 Å². The van der Waals surface area contributed by atoms with E-state index in [-0.39, 0.29) is 23.2 Å². The first kappa shape index (κ1) is 18.6. The molecule has 0 aliphatic carbocycles. The molecule has 0 aliphatic heterocycles. The second-order valence-electron chi connectivity index (χ2n) is 6.90. The third kappa shape index (κ3) is 3.80. The van der Waals surface area contributed by atoms with Gasteiger partial charge in [-0.1, -0.05) is 42.5 Å². The van der Waals surface area contributed by atoms with Crippen molar-refractivity contribution in [3.63, 3.8) is 0 Å². The molecule has 0 aliphatic rings. The van der Waals surface area contributed by atoms with E-state index >= 15 is 0 Å². The van der Waals surface area contributed by atoms with Crippen molar-refractivity contribution in [3.05, 3.63) is 94.2 Å². The van der Waals surface area contributed by atoms with Crippen LogP contribution in [0, 0.1) is 0 Å². The first-order chi connectivity index (χ1) is 14.0. The second-order valence-corrected chi connectivity index (χ2v) is 6.90. The van der Waals surface area contributed by atoms with Gasteiger partial charge in [0.05, 0.1) is 17.1 Å². The highest BCUT2D eigenvalue weighted by Gasteiger charge is 2.20. The molecular formula is C22H21N5O2. The lowest BCUT2D eigenvalue weighted by atomic mass is 10.0. The van der Waals surface area contributed by atoms with Crippen molar-refractivity contribution in [1.29, 1.82) is 0 Å². The molecule has 2 aromatic heterocycles. The molecule has 0 saturated heterocycles. The van der Waals surface area contributed by atoms with Gasteiger partial charge in [-0.15, -0.1) is 0 Å². The first-order valence-electron chi connectivity index (χ1n) is 9.33. The summed E-state index contributed by atoms with van der Waals surface area (Å²) in [7, 11) is 3.50. The van der Waals surface area contributed by atoms with Crippen LogP contribution in [0.5, 0.6) is 0 Å². The Bertz CT molecular complexity index is 1230. The minimum atomic E-state index is -0.340. The summed E-state index contributed by atoms with van der Waals surface area (Å²) in [6.45, 7) is 0. The number of fused-ring (bicyclic) bond motifs is 1. The van der Waals surface area contributed by atoms with Crippen LogP contribution in [0.4, 0.5) is 0 Å². The molecule has 1 N–H and O–H groups in total. The number of hydrogen-bond donors (Lipinski definition) is 1. The Balaban J connectivity index is 1.66. The Morgan fingerprint density at radius 1 is 1.00 bits per heavy atom. The van der Waals surface area contributed by atoms with Crippen LogP contribution in [0.3, 0.4) is 0 Å². The van der Waals surface area contributed by atoms with Crippen molar-refractivity contribution in [2.24, 2.45) is 14.1 Å². The zero-order valence-electron chi connectivity index (χ0n) is 16.2. The van der Waals surface area contributed by atoms with Gasteiger partial charge in [0.1, 0.15) is 11.5 Å². The lowest BCUT2D eigenvalue weighted by Gasteiger charge is -2.19. The SMILES string of the molecule is Cn1nc(C(=O)N[C@H](Cc2nc3ccccc3n2C)c2ccccc2)ccc1=O. The highest BCUT2D eigenvalue weighted by molar-refractivity contribution is 5.92. The minimum Gasteiger partial charge on any atom is -0.343 e. The lowest BCUT2D eigenvalue weighted by Crippen LogP contribution is -2.33. The van der Waals surface area contributed by atoms with Gasteiger partial charge in [0.15, 0.2) is 0 Å². The quantitative estimate of drug-likeness (QED) is 0.570. The van der Waals surface area contributed by atoms with Crippen LogP contribution in [-0.2, 0) is 20.5 Å². The molecular weight excluding hydrogens is 366 g/mol. The fourth-order valence-corrected chi connectivity index (χ4v) is 3.35. The highest BCUT2D eigenvalue weighted by Crippen LogP contribution is 2.21. The molecule has 4 rings (SSSR count). The van der Waals surface area contributed by atoms with E-state index in [0.717, 1.165) is 27.1 Å². The number of para-hydroxylation sites is 2. The van der Waals surface area contributed by atoms with Crippen LogP contribution in [0.15, 0.2) is 71.5 Å². The van der Waals surface area contributed by atoms with Crippen molar-refractivity contribution in [2.45, 2.75) is 12.5 Å². The fourth-order valence-electron chi connectivity index (χ4n) is 3.35. The summed E-state index contributed by atoms with van der Waals surface area (Å²) in [5, 5.41) is 7.10. The number of nitrogens with one attached hydrogen (secondary N) is 1. The zero-order valence-corrected chi connectivity index (χ0v) is 16.2. The number of nitrogens with zero attached hydrogens (tertiary/aromatic N) is 4. The third-order valence-corrected chi connectivity index (χ3v) is 4.97. The molecule has 2 heterocycles. The number of carbonyl (C=O) groups is 1. The van der Waals surface area contributed by atoms with Gasteiger partial charge in [-0.25, -0.2) is 9.67 Å². The third-order valence-electron chi connectivity index (χ3n) is 4.97. The summed E-state index contributed by atoms with van der Waals surface area (Å²) < 4.78 is 3.19. The number of aromatic nitrogens is 4. The van der Waals surface area contributed by atoms with Crippen LogP contribution in [0.25, 0.3) is 11.0 Å². The topological polar surface area (TPSA) is 81.8 Å². The van der Waals surface area contributed by atoms with Gasteiger partial charge >= 0.3 is 0 Å². The average molecular weight is 387 g/mol. The summed E-state index contributed by atoms with van der Waals surface area (Å²) in [6.07, 6.45) is 0.521. The molecule has 1 amide bonds. The van der Waals surface area contributed by atoms with E-state index in [9.17, 15) is 9.59 Å². The van der Waals surface area contributed by atoms with Gasteiger partial charge in [0.25, 0.3) is 11.5 Å². The van der Waals surface area contributed by atoms with Gasteiger partial charge < -0.3 is 9.88 Å². The van der Waals surface area contributed by atoms with E-state index in [2.05, 4.69) is 10.4 Å². The molecule has 0 fully saturated rings. The molecule has 146 valence electrons. The lowest BCUT2D eigenvalue weighted by molar-refractivity contribution is 0.0928. The molecule has 2 aromatic carbocycles. The van der Waals surface area contributed by atoms with Gasteiger partial charge in [-0.2, -0.15) is 5.10 Å². The van der Waals surface area contributed by atoms with Crippen molar-refractivity contribution in [2.75, 3.05) is 0 Å². The highest BCUT2D eigenvalue weighted by atomic mass is 16.2. The van der Waals surface area contributed by atoms with Gasteiger partial charge in [0, 0.05) is 26.6 Å². The average Bonchev–Trinajstić information content (AvgIpc) is 3.06. The largest absolute Gasteiger partial charge is 0.343 e. The van der Waals surface area contributed by atoms with Crippen molar-refractivity contribution in [1.82, 2.24) is 24.6 Å². The number of hydrogen-bond acceptors (Lipinski definition) is 4. The maximum absolute atomic E-state index is 12.8. The van der Waals surface area contributed by atoms with Crippen LogP contribution in [-0.4, -0.2) is 25.2 Å². The minimum absolute atomic E-state index is 0.193. The molecule has 0 bridgehead atoms. The molecule has 7 heteroatoms. The Hall–Kier alpha value is -3.74. The van der Waals surface area contributed by atoms with Crippen LogP contribution >= 0.6 is 0 Å². The number of aryl methyl sites for hydroxylation is 2. The van der Waals surface area contributed by atoms with E-state index in [0.29, 0.717) is 6.42 Å². The number of imidazole rings is 1. The van der Waals surface area contributed by atoms with E-state index < -0.39 is 0 Å². The Kier molecular flexibility index (Phi) is 4.95. The zero-order chi connectivity index (χ0) is 20.4. The Morgan fingerprint density at radius 2 is 1.72 bits per heavy atom. The molecule has 0 saturated carbocycles. The predicted octanol–water partition coefficient (Wildman–Crippen LogP) is 2.38. The summed E-state index contributed by atoms with van der Waals surface area (Å²) in [5.74, 6) is 0.530. The maximum Gasteiger partial charge on any atom is 0.272 e. The number of rotatable bonds is 5. The van der Waals surface area contributed by atoms with E-state index in [1.807, 2.05) is 66.2 Å². The van der Waals surface area contributed by atoms with Crippen molar-refractivity contribution >= 4 is 16.9 Å². The van der Waals surface area contributed by atoms with E-state index in [1.54, 1.807) is 0 Å². The number of benzene rings is 2. The number of amides is 1. The smallest absolute Gasteiger partial charge is 0.272 e. The Morgan fingerprint density at radius 3 is 2.45 bits per heavy atom. The molecule has 7 nitrogen and oxygen atoms in total. The van der Waals surface area contributed by atoms with Gasteiger partial charge in [-0.05, 0) is 23.8 Å². The van der Waals surface area contributed by atoms with E-state index in [1.165, 1.54) is 19.2 Å². The van der Waals surface area contributed by atoms with Gasteiger partial charge in [-0.3, -0.25) is 9.59 Å². The number of carbonyl (C=O) groups excluding carboxylic acids is 1. The predicted molar refractivity (Wildman–Crippen MR) is 111 cm³/mol. The molecule has 29 heavy (non-hydrogen) atoms. The standard InChI is InChI=1S/C22H21N5O2/c1-26-19-11-7-6-10-16(19)23-20(26)14-18(15-8-4-3-5-9-15)24-22(29)17-12-13-21(28)27(2)25-17/h3-13,18H,14H2,1-2H3,(H,24,29)/t18-/m1/s1. The fraction of sp³-hybridized carbons (Fsp3) is 0.182.